The molecule has 43 heavy (non-hydrogen) atoms. The number of hydrogen-bond donors (Lipinski definition) is 1. The first-order valence-electron chi connectivity index (χ1n) is 14.8. The van der Waals surface area contributed by atoms with E-state index in [2.05, 4.69) is 49.8 Å². The number of hydrogen-bond acceptors (Lipinski definition) is 6. The third-order valence-corrected chi connectivity index (χ3v) is 9.59. The van der Waals surface area contributed by atoms with E-state index in [-0.39, 0.29) is 42.7 Å². The van der Waals surface area contributed by atoms with Crippen LogP contribution in [0, 0.1) is 5.41 Å². The SMILES string of the molecule is C[SiH](C)OC([C@@H]1OC(C)(C)O[C@@H]1COc1ccc2c(c1)C(C)(C)c1c(c3ccc(Br)cc3n1CC(=O)O)C2=O)C(C)(C)C. The minimum absolute atomic E-state index is 0.121. The van der Waals surface area contributed by atoms with E-state index in [1.807, 2.05) is 64.1 Å². The van der Waals surface area contributed by atoms with Crippen LogP contribution in [0.1, 0.15) is 75.6 Å². The molecule has 1 N–H and O–H groups in total. The average molecular weight is 673 g/mol. The Hall–Kier alpha value is -2.50. The van der Waals surface area contributed by atoms with Crippen molar-refractivity contribution < 1.29 is 33.3 Å². The van der Waals surface area contributed by atoms with Gasteiger partial charge in [0, 0.05) is 26.5 Å². The summed E-state index contributed by atoms with van der Waals surface area (Å²) in [6.45, 7) is 18.6. The minimum Gasteiger partial charge on any atom is -0.491 e. The topological polar surface area (TPSA) is 96.2 Å². The Balaban J connectivity index is 1.50. The van der Waals surface area contributed by atoms with Crippen LogP contribution in [-0.4, -0.2) is 61.2 Å². The summed E-state index contributed by atoms with van der Waals surface area (Å²) >= 11 is 3.51. The lowest BCUT2D eigenvalue weighted by atomic mass is 9.71. The van der Waals surface area contributed by atoms with Gasteiger partial charge >= 0.3 is 5.97 Å². The average Bonchev–Trinajstić information content (AvgIpc) is 3.37. The summed E-state index contributed by atoms with van der Waals surface area (Å²) in [6.07, 6.45) is -0.834. The van der Waals surface area contributed by atoms with E-state index in [9.17, 15) is 14.7 Å². The lowest BCUT2D eigenvalue weighted by Gasteiger charge is -2.38. The molecule has 10 heteroatoms. The molecule has 5 rings (SSSR count). The van der Waals surface area contributed by atoms with Gasteiger partial charge in [-0.15, -0.1) is 0 Å². The predicted octanol–water partition coefficient (Wildman–Crippen LogP) is 6.67. The molecular formula is C33H42BrNO7Si. The van der Waals surface area contributed by atoms with Crippen molar-refractivity contribution in [2.75, 3.05) is 6.61 Å². The number of rotatable bonds is 8. The maximum atomic E-state index is 14.0. The van der Waals surface area contributed by atoms with Crippen molar-refractivity contribution in [2.45, 2.75) is 97.6 Å². The second-order valence-corrected chi connectivity index (χ2v) is 17.2. The lowest BCUT2D eigenvalue weighted by molar-refractivity contribution is -0.160. The Morgan fingerprint density at radius 1 is 1.12 bits per heavy atom. The first kappa shape index (κ1) is 31.9. The van der Waals surface area contributed by atoms with Gasteiger partial charge in [0.1, 0.15) is 31.1 Å². The second kappa shape index (κ2) is 11.1. The number of carbonyl (C=O) groups excluding carboxylic acids is 1. The zero-order valence-electron chi connectivity index (χ0n) is 26.4. The molecule has 1 aromatic heterocycles. The number of halogens is 1. The number of nitrogens with zero attached hydrogens (tertiary/aromatic N) is 1. The molecule has 2 aliphatic rings. The van der Waals surface area contributed by atoms with E-state index in [0.717, 1.165) is 15.4 Å². The van der Waals surface area contributed by atoms with Crippen molar-refractivity contribution in [3.63, 3.8) is 0 Å². The molecule has 8 nitrogen and oxygen atoms in total. The Bertz CT molecular complexity index is 1590. The van der Waals surface area contributed by atoms with Gasteiger partial charge in [-0.1, -0.05) is 56.6 Å². The fourth-order valence-corrected chi connectivity index (χ4v) is 8.09. The van der Waals surface area contributed by atoms with Gasteiger partial charge in [0.2, 0.25) is 0 Å². The van der Waals surface area contributed by atoms with E-state index in [4.69, 9.17) is 18.6 Å². The summed E-state index contributed by atoms with van der Waals surface area (Å²) in [5.74, 6) is -1.27. The summed E-state index contributed by atoms with van der Waals surface area (Å²) in [4.78, 5) is 25.9. The van der Waals surface area contributed by atoms with Crippen molar-refractivity contribution in [3.05, 3.63) is 63.3 Å². The molecule has 1 saturated heterocycles. The van der Waals surface area contributed by atoms with Crippen LogP contribution in [0.3, 0.4) is 0 Å². The number of carboxylic acid groups (broad SMARTS) is 1. The highest BCUT2D eigenvalue weighted by Gasteiger charge is 2.49. The van der Waals surface area contributed by atoms with Gasteiger partial charge in [-0.2, -0.15) is 0 Å². The number of carbonyl (C=O) groups is 2. The van der Waals surface area contributed by atoms with Gasteiger partial charge in [-0.3, -0.25) is 9.59 Å². The smallest absolute Gasteiger partial charge is 0.323 e. The maximum Gasteiger partial charge on any atom is 0.323 e. The zero-order chi connectivity index (χ0) is 31.6. The van der Waals surface area contributed by atoms with E-state index >= 15 is 0 Å². The number of aromatic nitrogens is 1. The van der Waals surface area contributed by atoms with Crippen LogP contribution >= 0.6 is 15.9 Å². The molecule has 2 aromatic carbocycles. The van der Waals surface area contributed by atoms with E-state index in [0.29, 0.717) is 28.1 Å². The van der Waals surface area contributed by atoms with Gasteiger partial charge in [0.25, 0.3) is 0 Å². The largest absolute Gasteiger partial charge is 0.491 e. The number of fused-ring (bicyclic) bond motifs is 4. The molecule has 2 heterocycles. The lowest BCUT2D eigenvalue weighted by Crippen LogP contribution is -2.48. The van der Waals surface area contributed by atoms with Crippen LogP contribution in [0.15, 0.2) is 40.9 Å². The monoisotopic (exact) mass is 671 g/mol. The van der Waals surface area contributed by atoms with Gasteiger partial charge in [-0.25, -0.2) is 0 Å². The normalized spacial score (nSPS) is 21.6. The third-order valence-electron chi connectivity index (χ3n) is 8.25. The molecule has 0 saturated carbocycles. The predicted molar refractivity (Wildman–Crippen MR) is 172 cm³/mol. The van der Waals surface area contributed by atoms with Gasteiger partial charge in [-0.05, 0) is 68.3 Å². The number of benzene rings is 2. The second-order valence-electron chi connectivity index (χ2n) is 13.9. The van der Waals surface area contributed by atoms with Gasteiger partial charge < -0.3 is 28.3 Å². The Morgan fingerprint density at radius 2 is 1.81 bits per heavy atom. The summed E-state index contributed by atoms with van der Waals surface area (Å²) in [7, 11) is -1.37. The zero-order valence-corrected chi connectivity index (χ0v) is 29.2. The molecule has 0 amide bonds. The number of ketones is 1. The van der Waals surface area contributed by atoms with Crippen molar-refractivity contribution >= 4 is 47.6 Å². The van der Waals surface area contributed by atoms with Crippen LogP contribution in [0.5, 0.6) is 5.75 Å². The molecular weight excluding hydrogens is 630 g/mol. The van der Waals surface area contributed by atoms with Crippen molar-refractivity contribution in [1.29, 1.82) is 0 Å². The molecule has 1 unspecified atom stereocenters. The maximum absolute atomic E-state index is 14.0. The van der Waals surface area contributed by atoms with E-state index in [1.54, 1.807) is 4.57 Å². The van der Waals surface area contributed by atoms with Gasteiger partial charge in [0.05, 0.1) is 17.2 Å². The minimum atomic E-state index is -1.37. The quantitative estimate of drug-likeness (QED) is 0.267. The number of carboxylic acids is 1. The highest BCUT2D eigenvalue weighted by Crippen LogP contribution is 2.47. The van der Waals surface area contributed by atoms with Crippen LogP contribution in [0.2, 0.25) is 13.1 Å². The molecule has 232 valence electrons. The van der Waals surface area contributed by atoms with Crippen molar-refractivity contribution in [1.82, 2.24) is 4.57 Å². The van der Waals surface area contributed by atoms with E-state index in [1.165, 1.54) is 0 Å². The summed E-state index contributed by atoms with van der Waals surface area (Å²) in [6, 6.07) is 11.2. The first-order chi connectivity index (χ1) is 19.9. The van der Waals surface area contributed by atoms with Gasteiger partial charge in [0.15, 0.2) is 20.6 Å². The van der Waals surface area contributed by atoms with Crippen LogP contribution in [0.25, 0.3) is 10.9 Å². The third kappa shape index (κ3) is 5.96. The summed E-state index contributed by atoms with van der Waals surface area (Å²) in [5.41, 5.74) is 2.49. The summed E-state index contributed by atoms with van der Waals surface area (Å²) in [5, 5.41) is 10.5. The molecule has 1 aliphatic heterocycles. The molecule has 3 atom stereocenters. The van der Waals surface area contributed by atoms with Crippen LogP contribution < -0.4 is 4.74 Å². The molecule has 0 radical (unpaired) electrons. The number of ether oxygens (including phenoxy) is 3. The Labute approximate surface area is 263 Å². The van der Waals surface area contributed by atoms with Crippen LogP contribution in [0.4, 0.5) is 0 Å². The summed E-state index contributed by atoms with van der Waals surface area (Å²) < 4.78 is 28.1. The van der Waals surface area contributed by atoms with E-state index < -0.39 is 26.2 Å². The molecule has 0 bridgehead atoms. The van der Waals surface area contributed by atoms with Crippen molar-refractivity contribution in [2.24, 2.45) is 5.41 Å². The molecule has 3 aromatic rings. The van der Waals surface area contributed by atoms with Crippen molar-refractivity contribution in [3.8, 4) is 5.75 Å². The number of aliphatic carboxylic acids is 1. The fourth-order valence-electron chi connectivity index (χ4n) is 6.59. The highest BCUT2D eigenvalue weighted by atomic mass is 79.9. The Kier molecular flexibility index (Phi) is 8.26. The Morgan fingerprint density at radius 3 is 2.44 bits per heavy atom. The molecule has 1 fully saturated rings. The highest BCUT2D eigenvalue weighted by molar-refractivity contribution is 9.10. The first-order valence-corrected chi connectivity index (χ1v) is 18.3. The molecule has 0 spiro atoms. The standard InChI is InChI=1S/C33H42BrNO7Si/c1-31(2,3)30(42-43(8)9)28-24(40-33(6,7)41-28)17-39-19-11-13-20-22(15-19)32(4,5)29-26(27(20)38)21-12-10-18(34)14-23(21)35(29)16-25(36)37/h10-15,24,28,30,43H,16-17H2,1-9H3,(H,36,37)/t24-,28-,30?/m1/s1. The fraction of sp³-hybridized carbons (Fsp3) is 0.515. The van der Waals surface area contributed by atoms with Crippen LogP contribution in [-0.2, 0) is 30.7 Å². The molecule has 1 aliphatic carbocycles.